The van der Waals surface area contributed by atoms with Gasteiger partial charge in [0.1, 0.15) is 17.3 Å². The van der Waals surface area contributed by atoms with Crippen LogP contribution in [0, 0.1) is 5.92 Å². The fourth-order valence-electron chi connectivity index (χ4n) is 2.99. The second-order valence-corrected chi connectivity index (χ2v) is 9.61. The molecule has 0 saturated heterocycles. The minimum Gasteiger partial charge on any atom is -0.481 e. The van der Waals surface area contributed by atoms with E-state index in [-0.39, 0.29) is 61.2 Å². The van der Waals surface area contributed by atoms with Gasteiger partial charge in [-0.1, -0.05) is 13.3 Å². The normalized spacial score (nSPS) is 12.3. The number of rotatable bonds is 19. The Morgan fingerprint density at radius 2 is 1.67 bits per heavy atom. The highest BCUT2D eigenvalue weighted by molar-refractivity contribution is 7.92. The van der Waals surface area contributed by atoms with Gasteiger partial charge >= 0.3 is 5.97 Å². The molecule has 4 N–H and O–H groups in total. The number of carbonyl (C=O) groups excluding carboxylic acids is 3. The van der Waals surface area contributed by atoms with E-state index >= 15 is 0 Å². The molecule has 0 heterocycles. The number of nitrogens with two attached hydrogens (primary N) is 1. The number of hydrogen-bond acceptors (Lipinski definition) is 7. The summed E-state index contributed by atoms with van der Waals surface area (Å²) in [5.74, 6) is -2.28. The zero-order valence-electron chi connectivity index (χ0n) is 17.9. The number of aliphatic carboxylic acids is 1. The minimum absolute atomic E-state index is 0.0245. The van der Waals surface area contributed by atoms with Crippen molar-refractivity contribution in [1.82, 2.24) is 5.32 Å². The molecule has 0 bridgehead atoms. The van der Waals surface area contributed by atoms with E-state index in [1.54, 1.807) is 6.92 Å². The van der Waals surface area contributed by atoms with Crippen LogP contribution < -0.4 is 11.1 Å². The summed E-state index contributed by atoms with van der Waals surface area (Å²) in [6.45, 7) is 2.43. The first-order valence-corrected chi connectivity index (χ1v) is 12.4. The van der Waals surface area contributed by atoms with Crippen molar-refractivity contribution < 1.29 is 32.7 Å². The molecule has 0 spiro atoms. The van der Waals surface area contributed by atoms with E-state index in [1.165, 1.54) is 0 Å². The van der Waals surface area contributed by atoms with E-state index in [0.29, 0.717) is 38.8 Å². The van der Waals surface area contributed by atoms with Gasteiger partial charge in [-0.3, -0.25) is 19.2 Å². The molecule has 0 unspecified atom stereocenters. The molecule has 0 aliphatic rings. The van der Waals surface area contributed by atoms with Gasteiger partial charge < -0.3 is 16.2 Å². The highest BCUT2D eigenvalue weighted by Crippen LogP contribution is 2.16. The van der Waals surface area contributed by atoms with E-state index in [4.69, 9.17) is 10.8 Å². The van der Waals surface area contributed by atoms with Crippen LogP contribution in [0.2, 0.25) is 0 Å². The first kappa shape index (κ1) is 28.2. The van der Waals surface area contributed by atoms with Crippen molar-refractivity contribution in [2.45, 2.75) is 71.1 Å². The van der Waals surface area contributed by atoms with Crippen LogP contribution in [0.1, 0.15) is 71.1 Å². The predicted molar refractivity (Wildman–Crippen MR) is 114 cm³/mol. The summed E-state index contributed by atoms with van der Waals surface area (Å²) in [5.41, 5.74) is 5.56. The lowest BCUT2D eigenvalue weighted by Crippen LogP contribution is -2.26. The molecule has 0 aliphatic carbocycles. The van der Waals surface area contributed by atoms with Gasteiger partial charge in [-0.2, -0.15) is 0 Å². The molecule has 0 rings (SSSR count). The first-order chi connectivity index (χ1) is 14.1. The summed E-state index contributed by atoms with van der Waals surface area (Å²) in [4.78, 5) is 45.7. The number of hydrogen-bond donors (Lipinski definition) is 3. The Hall–Kier alpha value is -1.81. The molecule has 1 atom stereocenters. The molecular weight excluding hydrogens is 412 g/mol. The standard InChI is InChI=1S/C20H36N2O7S/c1-2-17(23)15-30(28,29)14-6-9-19(25)22-13-4-3-7-16(11-12-21)18(24)8-5-10-20(26)27/h16H,2-15,21H2,1H3,(H,22,25)(H,26,27)/t16-/m0/s1. The maximum absolute atomic E-state index is 12.2. The van der Waals surface area contributed by atoms with Gasteiger partial charge in [-0.25, -0.2) is 8.42 Å². The second-order valence-electron chi connectivity index (χ2n) is 7.42. The van der Waals surface area contributed by atoms with Gasteiger partial charge in [0, 0.05) is 38.1 Å². The van der Waals surface area contributed by atoms with Crippen molar-refractivity contribution in [2.24, 2.45) is 11.7 Å². The van der Waals surface area contributed by atoms with Gasteiger partial charge in [0.2, 0.25) is 5.91 Å². The molecule has 0 saturated carbocycles. The lowest BCUT2D eigenvalue weighted by Gasteiger charge is -2.15. The van der Waals surface area contributed by atoms with Gasteiger partial charge in [-0.15, -0.1) is 0 Å². The van der Waals surface area contributed by atoms with Crippen LogP contribution in [0.4, 0.5) is 0 Å². The number of sulfone groups is 1. The van der Waals surface area contributed by atoms with Crippen LogP contribution >= 0.6 is 0 Å². The van der Waals surface area contributed by atoms with Gasteiger partial charge in [0.25, 0.3) is 0 Å². The summed E-state index contributed by atoms with van der Waals surface area (Å²) in [6.07, 6.45) is 3.58. The van der Waals surface area contributed by atoms with E-state index in [9.17, 15) is 27.6 Å². The Balaban J connectivity index is 4.02. The van der Waals surface area contributed by atoms with Crippen molar-refractivity contribution in [2.75, 3.05) is 24.6 Å². The van der Waals surface area contributed by atoms with E-state index in [0.717, 1.165) is 6.42 Å². The molecule has 0 aromatic heterocycles. The minimum atomic E-state index is -3.46. The Morgan fingerprint density at radius 3 is 2.27 bits per heavy atom. The molecule has 1 amide bonds. The second kappa shape index (κ2) is 16.0. The number of Topliss-reactive ketones (excluding diaryl/α,β-unsaturated/α-hetero) is 2. The Bertz CT molecular complexity index is 662. The van der Waals surface area contributed by atoms with Crippen molar-refractivity contribution in [3.63, 3.8) is 0 Å². The molecule has 30 heavy (non-hydrogen) atoms. The highest BCUT2D eigenvalue weighted by Gasteiger charge is 2.18. The fraction of sp³-hybridized carbons (Fsp3) is 0.800. The van der Waals surface area contributed by atoms with Gasteiger partial charge in [-0.05, 0) is 38.6 Å². The van der Waals surface area contributed by atoms with Crippen LogP contribution in [-0.2, 0) is 29.0 Å². The third-order valence-corrected chi connectivity index (χ3v) is 6.39. The summed E-state index contributed by atoms with van der Waals surface area (Å²) >= 11 is 0. The number of ketones is 2. The smallest absolute Gasteiger partial charge is 0.303 e. The summed E-state index contributed by atoms with van der Waals surface area (Å²) < 4.78 is 23.5. The zero-order chi connectivity index (χ0) is 23.0. The lowest BCUT2D eigenvalue weighted by atomic mass is 9.91. The highest BCUT2D eigenvalue weighted by atomic mass is 32.2. The average Bonchev–Trinajstić information content (AvgIpc) is 2.65. The van der Waals surface area contributed by atoms with Crippen molar-refractivity contribution >= 4 is 33.3 Å². The van der Waals surface area contributed by atoms with E-state index < -0.39 is 21.6 Å². The summed E-state index contributed by atoms with van der Waals surface area (Å²) in [6, 6.07) is 0. The topological polar surface area (TPSA) is 161 Å². The number of carboxylic acids is 1. The van der Waals surface area contributed by atoms with E-state index in [2.05, 4.69) is 5.32 Å². The van der Waals surface area contributed by atoms with Crippen LogP contribution in [0.15, 0.2) is 0 Å². The Kier molecular flexibility index (Phi) is 15.0. The third-order valence-electron chi connectivity index (χ3n) is 4.72. The molecular formula is C20H36N2O7S. The average molecular weight is 449 g/mol. The Morgan fingerprint density at radius 1 is 0.967 bits per heavy atom. The molecule has 0 radical (unpaired) electrons. The number of carbonyl (C=O) groups is 4. The largest absolute Gasteiger partial charge is 0.481 e. The van der Waals surface area contributed by atoms with Crippen LogP contribution in [0.25, 0.3) is 0 Å². The number of unbranched alkanes of at least 4 members (excludes halogenated alkanes) is 1. The van der Waals surface area contributed by atoms with Crippen molar-refractivity contribution in [1.29, 1.82) is 0 Å². The SMILES string of the molecule is CCC(=O)CS(=O)(=O)CCCC(=O)NCCCC[C@@H](CCN)C(=O)CCCC(=O)O. The predicted octanol–water partition coefficient (Wildman–Crippen LogP) is 1.24. The maximum atomic E-state index is 12.2. The van der Waals surface area contributed by atoms with Gasteiger partial charge in [0.05, 0.1) is 5.75 Å². The quantitative estimate of drug-likeness (QED) is 0.249. The number of amides is 1. The zero-order valence-corrected chi connectivity index (χ0v) is 18.7. The van der Waals surface area contributed by atoms with Crippen molar-refractivity contribution in [3.8, 4) is 0 Å². The van der Waals surface area contributed by atoms with Gasteiger partial charge in [0.15, 0.2) is 9.84 Å². The van der Waals surface area contributed by atoms with Crippen molar-refractivity contribution in [3.05, 3.63) is 0 Å². The summed E-state index contributed by atoms with van der Waals surface area (Å²) in [5, 5.41) is 11.4. The Labute approximate surface area is 179 Å². The fourth-order valence-corrected chi connectivity index (χ4v) is 4.41. The van der Waals surface area contributed by atoms with E-state index in [1.807, 2.05) is 0 Å². The lowest BCUT2D eigenvalue weighted by molar-refractivity contribution is -0.137. The molecule has 174 valence electrons. The molecule has 0 fully saturated rings. The van der Waals surface area contributed by atoms with Crippen LogP contribution in [0.5, 0.6) is 0 Å². The van der Waals surface area contributed by atoms with Crippen LogP contribution in [-0.4, -0.2) is 61.6 Å². The molecule has 0 aromatic rings. The van der Waals surface area contributed by atoms with Crippen LogP contribution in [0.3, 0.4) is 0 Å². The molecule has 0 aliphatic heterocycles. The molecule has 10 heteroatoms. The number of carboxylic acid groups (broad SMARTS) is 1. The molecule has 9 nitrogen and oxygen atoms in total. The number of nitrogens with one attached hydrogen (secondary N) is 1. The maximum Gasteiger partial charge on any atom is 0.303 e. The first-order valence-electron chi connectivity index (χ1n) is 10.5. The third kappa shape index (κ3) is 15.1. The monoisotopic (exact) mass is 448 g/mol. The summed E-state index contributed by atoms with van der Waals surface area (Å²) in [7, 11) is -3.46. The molecule has 0 aromatic carbocycles.